The second-order valence-corrected chi connectivity index (χ2v) is 8.12. The van der Waals surface area contributed by atoms with Gasteiger partial charge in [-0.3, -0.25) is 14.6 Å². The molecule has 0 spiro atoms. The third kappa shape index (κ3) is 2.19. The molecule has 4 bridgehead atoms. The Morgan fingerprint density at radius 1 is 0.958 bits per heavy atom. The molecule has 4 saturated heterocycles. The van der Waals surface area contributed by atoms with Crippen molar-refractivity contribution >= 4 is 5.78 Å². The fraction of sp³-hybridized carbons (Fsp3) is 0.650. The highest BCUT2D eigenvalue weighted by Crippen LogP contribution is 2.55. The van der Waals surface area contributed by atoms with Gasteiger partial charge in [-0.15, -0.1) is 0 Å². The number of benzene rings is 1. The van der Waals surface area contributed by atoms with Crippen molar-refractivity contribution in [2.75, 3.05) is 26.2 Å². The maximum absolute atomic E-state index is 13.4. The topological polar surface area (TPSA) is 23.6 Å². The van der Waals surface area contributed by atoms with Crippen LogP contribution in [0.3, 0.4) is 0 Å². The number of hydrogen-bond acceptors (Lipinski definition) is 3. The van der Waals surface area contributed by atoms with E-state index in [4.69, 9.17) is 0 Å². The largest absolute Gasteiger partial charge is 0.298 e. The molecule has 0 N–H and O–H groups in total. The van der Waals surface area contributed by atoms with Gasteiger partial charge in [-0.1, -0.05) is 38.8 Å². The summed E-state index contributed by atoms with van der Waals surface area (Å²) >= 11 is 0. The summed E-state index contributed by atoms with van der Waals surface area (Å²) < 4.78 is 13.3. The lowest BCUT2D eigenvalue weighted by molar-refractivity contribution is -0.205. The lowest BCUT2D eigenvalue weighted by Crippen LogP contribution is -2.76. The minimum Gasteiger partial charge on any atom is -0.298 e. The Hall–Kier alpha value is -1.26. The number of carbonyl (C=O) groups excluding carboxylic acids is 1. The molecule has 0 aromatic heterocycles. The lowest BCUT2D eigenvalue weighted by Gasteiger charge is -2.66. The van der Waals surface area contributed by atoms with Crippen LogP contribution in [0.1, 0.15) is 51.3 Å². The standard InChI is InChI=1S/C20H27FN2O/c1-3-9-19-11-22-13-20(10-4-2,18(19)24)14-23(12-19)17(22)15-5-7-16(21)8-6-15/h5-8,17H,3-4,9-14H2,1-2H3. The SMILES string of the molecule is CCCC12CN3CC(CCC)(CN(C1)C3c1ccc(F)cc1)C2=O. The molecule has 4 fully saturated rings. The van der Waals surface area contributed by atoms with Crippen molar-refractivity contribution in [2.45, 2.75) is 45.7 Å². The Morgan fingerprint density at radius 2 is 1.42 bits per heavy atom. The van der Waals surface area contributed by atoms with Crippen LogP contribution in [0.5, 0.6) is 0 Å². The normalized spacial score (nSPS) is 40.3. The molecule has 1 aromatic carbocycles. The Morgan fingerprint density at radius 3 is 1.83 bits per heavy atom. The summed E-state index contributed by atoms with van der Waals surface area (Å²) in [6.07, 6.45) is 4.28. The van der Waals surface area contributed by atoms with Crippen LogP contribution in [0.2, 0.25) is 0 Å². The number of piperidine rings is 2. The molecule has 4 aliphatic heterocycles. The van der Waals surface area contributed by atoms with Crippen LogP contribution in [0.4, 0.5) is 4.39 Å². The monoisotopic (exact) mass is 330 g/mol. The maximum atomic E-state index is 13.4. The van der Waals surface area contributed by atoms with Gasteiger partial charge in [0.15, 0.2) is 0 Å². The van der Waals surface area contributed by atoms with Crippen molar-refractivity contribution in [1.29, 1.82) is 0 Å². The fourth-order valence-electron chi connectivity index (χ4n) is 5.75. The Bertz CT molecular complexity index is 598. The molecule has 130 valence electrons. The van der Waals surface area contributed by atoms with E-state index in [9.17, 15) is 9.18 Å². The smallest absolute Gasteiger partial charge is 0.150 e. The van der Waals surface area contributed by atoms with E-state index >= 15 is 0 Å². The van der Waals surface area contributed by atoms with Gasteiger partial charge >= 0.3 is 0 Å². The first-order valence-electron chi connectivity index (χ1n) is 9.32. The Kier molecular flexibility index (Phi) is 3.81. The number of hydrogen-bond donors (Lipinski definition) is 0. The quantitative estimate of drug-likeness (QED) is 0.824. The summed E-state index contributed by atoms with van der Waals surface area (Å²) in [5.74, 6) is 0.344. The van der Waals surface area contributed by atoms with E-state index < -0.39 is 0 Å². The van der Waals surface area contributed by atoms with Gasteiger partial charge in [-0.2, -0.15) is 0 Å². The van der Waals surface area contributed by atoms with Gasteiger partial charge < -0.3 is 0 Å². The predicted octanol–water partition coefficient (Wildman–Crippen LogP) is 3.61. The van der Waals surface area contributed by atoms with Crippen LogP contribution in [0.15, 0.2) is 24.3 Å². The average molecular weight is 330 g/mol. The number of rotatable bonds is 5. The van der Waals surface area contributed by atoms with Crippen LogP contribution in [-0.2, 0) is 4.79 Å². The van der Waals surface area contributed by atoms with E-state index in [-0.39, 0.29) is 22.8 Å². The van der Waals surface area contributed by atoms with E-state index in [1.165, 1.54) is 0 Å². The first kappa shape index (κ1) is 16.2. The number of nitrogens with zero attached hydrogens (tertiary/aromatic N) is 2. The molecule has 4 heterocycles. The highest BCUT2D eigenvalue weighted by molar-refractivity contribution is 5.93. The molecule has 0 saturated carbocycles. The molecule has 0 aliphatic carbocycles. The molecule has 0 atom stereocenters. The molecule has 24 heavy (non-hydrogen) atoms. The van der Waals surface area contributed by atoms with E-state index in [0.29, 0.717) is 5.78 Å². The average Bonchev–Trinajstić information content (AvgIpc) is 2.54. The minimum atomic E-state index is -0.187. The molecule has 0 amide bonds. The van der Waals surface area contributed by atoms with Crippen molar-refractivity contribution in [3.8, 4) is 0 Å². The van der Waals surface area contributed by atoms with Crippen LogP contribution in [0.25, 0.3) is 0 Å². The molecule has 1 aromatic rings. The Balaban J connectivity index is 1.72. The van der Waals surface area contributed by atoms with Gasteiger partial charge in [0, 0.05) is 26.2 Å². The van der Waals surface area contributed by atoms with E-state index in [0.717, 1.165) is 57.4 Å². The van der Waals surface area contributed by atoms with Gasteiger partial charge in [0.1, 0.15) is 11.6 Å². The zero-order chi connectivity index (χ0) is 16.9. The molecule has 0 radical (unpaired) electrons. The number of carbonyl (C=O) groups is 1. The zero-order valence-corrected chi connectivity index (χ0v) is 14.7. The van der Waals surface area contributed by atoms with Crippen molar-refractivity contribution in [3.05, 3.63) is 35.6 Å². The molecule has 0 unspecified atom stereocenters. The second-order valence-electron chi connectivity index (χ2n) is 8.12. The van der Waals surface area contributed by atoms with Crippen molar-refractivity contribution in [3.63, 3.8) is 0 Å². The van der Waals surface area contributed by atoms with Crippen molar-refractivity contribution in [2.24, 2.45) is 10.8 Å². The third-order valence-electron chi connectivity index (χ3n) is 6.30. The first-order valence-corrected chi connectivity index (χ1v) is 9.32. The zero-order valence-electron chi connectivity index (χ0n) is 14.7. The fourth-order valence-corrected chi connectivity index (χ4v) is 5.75. The van der Waals surface area contributed by atoms with Gasteiger partial charge in [0.05, 0.1) is 17.0 Å². The molecular formula is C20H27FN2O. The highest BCUT2D eigenvalue weighted by atomic mass is 19.1. The summed E-state index contributed by atoms with van der Waals surface area (Å²) in [5, 5.41) is 0. The summed E-state index contributed by atoms with van der Waals surface area (Å²) in [4.78, 5) is 18.4. The van der Waals surface area contributed by atoms with Crippen molar-refractivity contribution in [1.82, 2.24) is 9.80 Å². The summed E-state index contributed by atoms with van der Waals surface area (Å²) in [7, 11) is 0. The van der Waals surface area contributed by atoms with Crippen molar-refractivity contribution < 1.29 is 9.18 Å². The summed E-state index contributed by atoms with van der Waals surface area (Å²) in [6.45, 7) is 7.82. The van der Waals surface area contributed by atoms with E-state index in [1.807, 2.05) is 12.1 Å². The predicted molar refractivity (Wildman–Crippen MR) is 92.0 cm³/mol. The number of halogens is 1. The lowest BCUT2D eigenvalue weighted by atomic mass is 9.57. The van der Waals surface area contributed by atoms with Crippen LogP contribution < -0.4 is 0 Å². The second kappa shape index (κ2) is 5.63. The van der Waals surface area contributed by atoms with E-state index in [1.54, 1.807) is 12.1 Å². The summed E-state index contributed by atoms with van der Waals surface area (Å²) in [6, 6.07) is 6.92. The van der Waals surface area contributed by atoms with Crippen LogP contribution >= 0.6 is 0 Å². The minimum absolute atomic E-state index is 0.184. The third-order valence-corrected chi connectivity index (χ3v) is 6.30. The van der Waals surface area contributed by atoms with Crippen LogP contribution in [-0.4, -0.2) is 41.8 Å². The first-order chi connectivity index (χ1) is 11.5. The molecule has 4 aliphatic rings. The van der Waals surface area contributed by atoms with Gasteiger partial charge in [0.25, 0.3) is 0 Å². The molecule has 5 rings (SSSR count). The van der Waals surface area contributed by atoms with Gasteiger partial charge in [-0.25, -0.2) is 4.39 Å². The van der Waals surface area contributed by atoms with Crippen LogP contribution in [0, 0.1) is 16.6 Å². The maximum Gasteiger partial charge on any atom is 0.150 e. The van der Waals surface area contributed by atoms with Gasteiger partial charge in [-0.05, 0) is 30.5 Å². The Labute approximate surface area is 143 Å². The number of Topliss-reactive ketones (excluding diaryl/α,β-unsaturated/α-hetero) is 1. The molecule has 3 nitrogen and oxygen atoms in total. The van der Waals surface area contributed by atoms with E-state index in [2.05, 4.69) is 23.6 Å². The number of ketones is 1. The summed E-state index contributed by atoms with van der Waals surface area (Å²) in [5.41, 5.74) is 0.786. The molecule has 4 heteroatoms. The highest BCUT2D eigenvalue weighted by Gasteiger charge is 2.64. The molecular weight excluding hydrogens is 303 g/mol. The van der Waals surface area contributed by atoms with Gasteiger partial charge in [0.2, 0.25) is 0 Å².